The van der Waals surface area contributed by atoms with Gasteiger partial charge in [0.15, 0.2) is 0 Å². The molecule has 0 radical (unpaired) electrons. The molecule has 0 amide bonds. The van der Waals surface area contributed by atoms with E-state index in [2.05, 4.69) is 52.0 Å². The molecule has 1 saturated carbocycles. The van der Waals surface area contributed by atoms with Crippen molar-refractivity contribution in [3.05, 3.63) is 35.4 Å². The largest absolute Gasteiger partial charge is 0.321 e. The van der Waals surface area contributed by atoms with Crippen molar-refractivity contribution in [2.24, 2.45) is 17.1 Å². The number of rotatable bonds is 1. The van der Waals surface area contributed by atoms with Crippen LogP contribution in [0.2, 0.25) is 0 Å². The molecule has 100 valence electrons. The van der Waals surface area contributed by atoms with E-state index in [4.69, 9.17) is 5.73 Å². The van der Waals surface area contributed by atoms with Crippen molar-refractivity contribution < 1.29 is 0 Å². The Morgan fingerprint density at radius 2 is 1.78 bits per heavy atom. The molecule has 1 heteroatoms. The lowest BCUT2D eigenvalue weighted by Crippen LogP contribution is -2.42. The van der Waals surface area contributed by atoms with Crippen molar-refractivity contribution in [3.8, 4) is 0 Å². The summed E-state index contributed by atoms with van der Waals surface area (Å²) in [6.45, 7) is 9.21. The molecule has 1 fully saturated rings. The van der Waals surface area contributed by atoms with Gasteiger partial charge in [-0.25, -0.2) is 0 Å². The maximum atomic E-state index is 6.65. The summed E-state index contributed by atoms with van der Waals surface area (Å²) in [4.78, 5) is 0. The van der Waals surface area contributed by atoms with Crippen LogP contribution in [0.1, 0.15) is 57.6 Å². The highest BCUT2D eigenvalue weighted by atomic mass is 14.7. The van der Waals surface area contributed by atoms with Crippen molar-refractivity contribution in [3.63, 3.8) is 0 Å². The standard InChI is InChI=1S/C17H27N/c1-13-6-5-7-15(12-13)17(18)10-8-14(9-11-17)16(2,3)4/h5-7,12,14H,8-11,18H2,1-4H3. The summed E-state index contributed by atoms with van der Waals surface area (Å²) in [6, 6.07) is 8.74. The molecule has 1 aromatic carbocycles. The summed E-state index contributed by atoms with van der Waals surface area (Å²) in [5.74, 6) is 0.819. The van der Waals surface area contributed by atoms with Gasteiger partial charge in [0.2, 0.25) is 0 Å². The van der Waals surface area contributed by atoms with Crippen LogP contribution in [0, 0.1) is 18.3 Å². The fourth-order valence-corrected chi connectivity index (χ4v) is 3.24. The maximum Gasteiger partial charge on any atom is 0.0409 e. The second-order valence-corrected chi connectivity index (χ2v) is 7.17. The Hall–Kier alpha value is -0.820. The minimum absolute atomic E-state index is 0.0895. The first kappa shape index (κ1) is 13.6. The van der Waals surface area contributed by atoms with Gasteiger partial charge in [0.1, 0.15) is 0 Å². The Morgan fingerprint density at radius 1 is 1.17 bits per heavy atom. The van der Waals surface area contributed by atoms with Gasteiger partial charge in [-0.1, -0.05) is 50.6 Å². The van der Waals surface area contributed by atoms with Gasteiger partial charge in [-0.05, 0) is 49.5 Å². The Kier molecular flexibility index (Phi) is 3.55. The lowest BCUT2D eigenvalue weighted by atomic mass is 9.66. The molecule has 0 bridgehead atoms. The lowest BCUT2D eigenvalue weighted by molar-refractivity contribution is 0.134. The van der Waals surface area contributed by atoms with E-state index in [0.29, 0.717) is 5.41 Å². The van der Waals surface area contributed by atoms with Crippen molar-refractivity contribution in [2.75, 3.05) is 0 Å². The highest BCUT2D eigenvalue weighted by molar-refractivity contribution is 5.29. The van der Waals surface area contributed by atoms with Crippen molar-refractivity contribution >= 4 is 0 Å². The fourth-order valence-electron chi connectivity index (χ4n) is 3.24. The maximum absolute atomic E-state index is 6.65. The van der Waals surface area contributed by atoms with Crippen LogP contribution < -0.4 is 5.73 Å². The first-order valence-electron chi connectivity index (χ1n) is 7.17. The highest BCUT2D eigenvalue weighted by Gasteiger charge is 2.37. The van der Waals surface area contributed by atoms with Gasteiger partial charge in [-0.3, -0.25) is 0 Å². The quantitative estimate of drug-likeness (QED) is 0.780. The number of benzene rings is 1. The molecule has 18 heavy (non-hydrogen) atoms. The van der Waals surface area contributed by atoms with Gasteiger partial charge < -0.3 is 5.73 Å². The molecule has 0 spiro atoms. The van der Waals surface area contributed by atoms with E-state index in [1.165, 1.54) is 24.0 Å². The zero-order chi connectivity index (χ0) is 13.4. The van der Waals surface area contributed by atoms with E-state index in [1.807, 2.05) is 0 Å². The van der Waals surface area contributed by atoms with Gasteiger partial charge in [-0.15, -0.1) is 0 Å². The third kappa shape index (κ3) is 2.77. The summed E-state index contributed by atoms with van der Waals surface area (Å²) < 4.78 is 0. The van der Waals surface area contributed by atoms with E-state index in [9.17, 15) is 0 Å². The number of aryl methyl sites for hydroxylation is 1. The average Bonchev–Trinajstić information content (AvgIpc) is 2.28. The molecule has 0 saturated heterocycles. The van der Waals surface area contributed by atoms with Crippen LogP contribution >= 0.6 is 0 Å². The summed E-state index contributed by atoms with van der Waals surface area (Å²) in [7, 11) is 0. The summed E-state index contributed by atoms with van der Waals surface area (Å²) in [5.41, 5.74) is 9.63. The van der Waals surface area contributed by atoms with Crippen molar-refractivity contribution in [2.45, 2.75) is 58.9 Å². The Morgan fingerprint density at radius 3 is 2.28 bits per heavy atom. The van der Waals surface area contributed by atoms with Crippen molar-refractivity contribution in [1.29, 1.82) is 0 Å². The molecular weight excluding hydrogens is 218 g/mol. The van der Waals surface area contributed by atoms with Crippen LogP contribution in [0.3, 0.4) is 0 Å². The van der Waals surface area contributed by atoms with E-state index in [1.54, 1.807) is 0 Å². The van der Waals surface area contributed by atoms with Crippen LogP contribution in [0.5, 0.6) is 0 Å². The number of hydrogen-bond acceptors (Lipinski definition) is 1. The van der Waals surface area contributed by atoms with Gasteiger partial charge >= 0.3 is 0 Å². The zero-order valence-electron chi connectivity index (χ0n) is 12.3. The van der Waals surface area contributed by atoms with Crippen LogP contribution in [-0.4, -0.2) is 0 Å². The van der Waals surface area contributed by atoms with E-state index in [0.717, 1.165) is 18.8 Å². The Labute approximate surface area is 112 Å². The first-order valence-corrected chi connectivity index (χ1v) is 7.17. The third-order valence-electron chi connectivity index (χ3n) is 4.70. The second-order valence-electron chi connectivity index (χ2n) is 7.17. The van der Waals surface area contributed by atoms with Crippen LogP contribution in [0.15, 0.2) is 24.3 Å². The number of hydrogen-bond donors (Lipinski definition) is 1. The minimum atomic E-state index is -0.0895. The minimum Gasteiger partial charge on any atom is -0.321 e. The molecule has 0 heterocycles. The fraction of sp³-hybridized carbons (Fsp3) is 0.647. The molecular formula is C17H27N. The van der Waals surface area contributed by atoms with E-state index < -0.39 is 0 Å². The lowest BCUT2D eigenvalue weighted by Gasteiger charge is -2.42. The van der Waals surface area contributed by atoms with Gasteiger partial charge in [0.05, 0.1) is 0 Å². The SMILES string of the molecule is Cc1cccc(C2(N)CCC(C(C)(C)C)CC2)c1. The molecule has 0 aliphatic heterocycles. The normalized spacial score (nSPS) is 29.3. The molecule has 2 rings (SSSR count). The van der Waals surface area contributed by atoms with Crippen molar-refractivity contribution in [1.82, 2.24) is 0 Å². The van der Waals surface area contributed by atoms with E-state index in [-0.39, 0.29) is 5.54 Å². The molecule has 1 aliphatic rings. The van der Waals surface area contributed by atoms with Gasteiger partial charge in [0.25, 0.3) is 0 Å². The molecule has 2 N–H and O–H groups in total. The number of nitrogens with two attached hydrogens (primary N) is 1. The molecule has 1 aliphatic carbocycles. The molecule has 1 aromatic rings. The smallest absolute Gasteiger partial charge is 0.0409 e. The van der Waals surface area contributed by atoms with Crippen LogP contribution in [0.4, 0.5) is 0 Å². The van der Waals surface area contributed by atoms with Gasteiger partial charge in [-0.2, -0.15) is 0 Å². The zero-order valence-corrected chi connectivity index (χ0v) is 12.3. The van der Waals surface area contributed by atoms with Crippen LogP contribution in [-0.2, 0) is 5.54 Å². The molecule has 1 nitrogen and oxygen atoms in total. The summed E-state index contributed by atoms with van der Waals surface area (Å²) in [5, 5.41) is 0. The average molecular weight is 245 g/mol. The predicted molar refractivity (Wildman–Crippen MR) is 78.5 cm³/mol. The molecule has 0 unspecified atom stereocenters. The second kappa shape index (κ2) is 4.70. The van der Waals surface area contributed by atoms with Crippen LogP contribution in [0.25, 0.3) is 0 Å². The third-order valence-corrected chi connectivity index (χ3v) is 4.70. The topological polar surface area (TPSA) is 26.0 Å². The Bertz CT molecular complexity index is 406. The Balaban J connectivity index is 2.12. The molecule has 0 atom stereocenters. The van der Waals surface area contributed by atoms with Gasteiger partial charge in [0, 0.05) is 5.54 Å². The predicted octanol–water partition coefficient (Wildman–Crippen LogP) is 4.39. The highest BCUT2D eigenvalue weighted by Crippen LogP contribution is 2.44. The summed E-state index contributed by atoms with van der Waals surface area (Å²) in [6.07, 6.45) is 4.76. The summed E-state index contributed by atoms with van der Waals surface area (Å²) >= 11 is 0. The monoisotopic (exact) mass is 245 g/mol. The van der Waals surface area contributed by atoms with E-state index >= 15 is 0 Å². The molecule has 0 aromatic heterocycles. The first-order chi connectivity index (χ1) is 8.31.